The lowest BCUT2D eigenvalue weighted by Gasteiger charge is -2.15. The summed E-state index contributed by atoms with van der Waals surface area (Å²) in [5.74, 6) is 0.0172. The molecule has 1 aromatic rings. The molecule has 2 atom stereocenters. The maximum Gasteiger partial charge on any atom is 0.351 e. The number of carbonyl (C=O) groups excluding carboxylic acids is 1. The Bertz CT molecular complexity index is 587. The van der Waals surface area contributed by atoms with Crippen LogP contribution in [0.4, 0.5) is 5.82 Å². The molecule has 0 amide bonds. The van der Waals surface area contributed by atoms with Gasteiger partial charge in [0, 0.05) is 12.6 Å². The fourth-order valence-corrected chi connectivity index (χ4v) is 2.79. The summed E-state index contributed by atoms with van der Waals surface area (Å²) in [7, 11) is 0. The molecule has 1 aromatic heterocycles. The van der Waals surface area contributed by atoms with Gasteiger partial charge >= 0.3 is 11.7 Å². The monoisotopic (exact) mass is 337 g/mol. The summed E-state index contributed by atoms with van der Waals surface area (Å²) < 4.78 is 12.5. The van der Waals surface area contributed by atoms with Crippen molar-refractivity contribution < 1.29 is 14.3 Å². The molecule has 2 heterocycles. The molecule has 2 unspecified atom stereocenters. The van der Waals surface area contributed by atoms with Crippen LogP contribution in [0, 0.1) is 0 Å². The van der Waals surface area contributed by atoms with Gasteiger partial charge in [0.1, 0.15) is 18.7 Å². The Balaban J connectivity index is 1.68. The van der Waals surface area contributed by atoms with Gasteiger partial charge in [-0.25, -0.2) is 4.79 Å². The van der Waals surface area contributed by atoms with Crippen LogP contribution in [0.5, 0.6) is 0 Å². The van der Waals surface area contributed by atoms with Gasteiger partial charge in [-0.2, -0.15) is 4.98 Å². The summed E-state index contributed by atoms with van der Waals surface area (Å²) in [5.41, 5.74) is 5.05. The quantitative estimate of drug-likeness (QED) is 0.549. The van der Waals surface area contributed by atoms with Crippen molar-refractivity contribution in [1.29, 1.82) is 0 Å². The zero-order valence-corrected chi connectivity index (χ0v) is 14.3. The Kier molecular flexibility index (Phi) is 7.24. The SMILES string of the molecule is CCCCCCCC(=O)OCC1CCC(n2ccc(N)nc2=O)O1. The van der Waals surface area contributed by atoms with Crippen molar-refractivity contribution in [2.45, 2.75) is 70.6 Å². The van der Waals surface area contributed by atoms with Crippen LogP contribution in [-0.2, 0) is 14.3 Å². The summed E-state index contributed by atoms with van der Waals surface area (Å²) in [4.78, 5) is 27.2. The third-order valence-corrected chi connectivity index (χ3v) is 4.16. The van der Waals surface area contributed by atoms with E-state index in [2.05, 4.69) is 11.9 Å². The number of esters is 1. The van der Waals surface area contributed by atoms with Crippen LogP contribution in [0.2, 0.25) is 0 Å². The molecule has 0 aromatic carbocycles. The van der Waals surface area contributed by atoms with E-state index in [4.69, 9.17) is 15.2 Å². The summed E-state index contributed by atoms with van der Waals surface area (Å²) in [5, 5.41) is 0. The van der Waals surface area contributed by atoms with Gasteiger partial charge in [-0.1, -0.05) is 32.6 Å². The number of carbonyl (C=O) groups is 1. The predicted molar refractivity (Wildman–Crippen MR) is 90.4 cm³/mol. The minimum absolute atomic E-state index is 0.176. The van der Waals surface area contributed by atoms with E-state index in [-0.39, 0.29) is 30.7 Å². The summed E-state index contributed by atoms with van der Waals surface area (Å²) in [6.45, 7) is 2.40. The summed E-state index contributed by atoms with van der Waals surface area (Å²) in [6.07, 6.45) is 8.44. The van der Waals surface area contributed by atoms with Crippen molar-refractivity contribution in [1.82, 2.24) is 9.55 Å². The van der Waals surface area contributed by atoms with Crippen molar-refractivity contribution in [3.05, 3.63) is 22.7 Å². The van der Waals surface area contributed by atoms with E-state index in [0.29, 0.717) is 12.8 Å². The molecule has 2 N–H and O–H groups in total. The Morgan fingerprint density at radius 3 is 2.92 bits per heavy atom. The van der Waals surface area contributed by atoms with Crippen molar-refractivity contribution in [2.75, 3.05) is 12.3 Å². The van der Waals surface area contributed by atoms with Crippen LogP contribution < -0.4 is 11.4 Å². The maximum atomic E-state index is 11.8. The van der Waals surface area contributed by atoms with Crippen molar-refractivity contribution >= 4 is 11.8 Å². The fraction of sp³-hybridized carbons (Fsp3) is 0.706. The molecule has 1 fully saturated rings. The highest BCUT2D eigenvalue weighted by Crippen LogP contribution is 2.27. The topological polar surface area (TPSA) is 96.4 Å². The fourth-order valence-electron chi connectivity index (χ4n) is 2.79. The molecular formula is C17H27N3O4. The molecule has 0 aliphatic carbocycles. The van der Waals surface area contributed by atoms with E-state index in [1.165, 1.54) is 23.8 Å². The van der Waals surface area contributed by atoms with E-state index in [1.807, 2.05) is 0 Å². The zero-order chi connectivity index (χ0) is 17.4. The highest BCUT2D eigenvalue weighted by Gasteiger charge is 2.28. The number of hydrogen-bond donors (Lipinski definition) is 1. The lowest BCUT2D eigenvalue weighted by Crippen LogP contribution is -2.28. The average Bonchev–Trinajstić information content (AvgIpc) is 3.01. The normalized spacial score (nSPS) is 20.2. The molecule has 1 saturated heterocycles. The first-order valence-electron chi connectivity index (χ1n) is 8.76. The molecule has 2 rings (SSSR count). The second kappa shape index (κ2) is 9.42. The van der Waals surface area contributed by atoms with Gasteiger partial charge in [-0.05, 0) is 25.3 Å². The van der Waals surface area contributed by atoms with E-state index in [0.717, 1.165) is 19.3 Å². The average molecular weight is 337 g/mol. The van der Waals surface area contributed by atoms with E-state index < -0.39 is 5.69 Å². The standard InChI is InChI=1S/C17H27N3O4/c1-2-3-4-5-6-7-16(21)23-12-13-8-9-15(24-13)20-11-10-14(18)19-17(20)22/h10-11,13,15H,2-9,12H2,1H3,(H2,18,19,22). The van der Waals surface area contributed by atoms with Gasteiger partial charge in [-0.3, -0.25) is 9.36 Å². The number of anilines is 1. The van der Waals surface area contributed by atoms with Gasteiger partial charge in [0.15, 0.2) is 0 Å². The van der Waals surface area contributed by atoms with Gasteiger partial charge in [0.05, 0.1) is 6.10 Å². The van der Waals surface area contributed by atoms with E-state index in [9.17, 15) is 9.59 Å². The molecule has 134 valence electrons. The van der Waals surface area contributed by atoms with Crippen molar-refractivity contribution in [2.24, 2.45) is 0 Å². The van der Waals surface area contributed by atoms with Crippen LogP contribution in [0.1, 0.15) is 64.5 Å². The minimum Gasteiger partial charge on any atom is -0.463 e. The smallest absolute Gasteiger partial charge is 0.351 e. The number of hydrogen-bond acceptors (Lipinski definition) is 6. The number of rotatable bonds is 9. The molecule has 1 aliphatic rings. The second-order valence-electron chi connectivity index (χ2n) is 6.18. The Hall–Kier alpha value is -1.89. The van der Waals surface area contributed by atoms with Crippen molar-refractivity contribution in [3.8, 4) is 0 Å². The van der Waals surface area contributed by atoms with Gasteiger partial charge in [0.25, 0.3) is 0 Å². The maximum absolute atomic E-state index is 11.8. The zero-order valence-electron chi connectivity index (χ0n) is 14.3. The molecule has 0 radical (unpaired) electrons. The molecule has 7 heteroatoms. The molecule has 0 spiro atoms. The number of unbranched alkanes of at least 4 members (excludes halogenated alkanes) is 4. The summed E-state index contributed by atoms with van der Waals surface area (Å²) >= 11 is 0. The first kappa shape index (κ1) is 18.4. The molecule has 24 heavy (non-hydrogen) atoms. The predicted octanol–water partition coefficient (Wildman–Crippen LogP) is 2.41. The first-order valence-corrected chi connectivity index (χ1v) is 8.76. The van der Waals surface area contributed by atoms with Crippen molar-refractivity contribution in [3.63, 3.8) is 0 Å². The largest absolute Gasteiger partial charge is 0.463 e. The number of nitrogens with two attached hydrogens (primary N) is 1. The molecule has 0 bridgehead atoms. The van der Waals surface area contributed by atoms with E-state index in [1.54, 1.807) is 12.3 Å². The van der Waals surface area contributed by atoms with Crippen LogP contribution in [-0.4, -0.2) is 28.2 Å². The minimum atomic E-state index is -0.426. The number of aromatic nitrogens is 2. The Morgan fingerprint density at radius 2 is 2.17 bits per heavy atom. The van der Waals surface area contributed by atoms with Gasteiger partial charge in [0.2, 0.25) is 0 Å². The van der Waals surface area contributed by atoms with Gasteiger partial charge < -0.3 is 15.2 Å². The summed E-state index contributed by atoms with van der Waals surface area (Å²) in [6, 6.07) is 1.57. The Morgan fingerprint density at radius 1 is 1.38 bits per heavy atom. The third-order valence-electron chi connectivity index (χ3n) is 4.16. The number of nitrogens with zero attached hydrogens (tertiary/aromatic N) is 2. The highest BCUT2D eigenvalue weighted by molar-refractivity contribution is 5.69. The van der Waals surface area contributed by atoms with Crippen LogP contribution >= 0.6 is 0 Å². The number of nitrogen functional groups attached to an aromatic ring is 1. The van der Waals surface area contributed by atoms with Crippen LogP contribution in [0.25, 0.3) is 0 Å². The second-order valence-corrected chi connectivity index (χ2v) is 6.18. The Labute approximate surface area is 142 Å². The highest BCUT2D eigenvalue weighted by atomic mass is 16.6. The first-order chi connectivity index (χ1) is 11.6. The lowest BCUT2D eigenvalue weighted by atomic mass is 10.1. The molecule has 1 aliphatic heterocycles. The van der Waals surface area contributed by atoms with E-state index >= 15 is 0 Å². The van der Waals surface area contributed by atoms with Crippen LogP contribution in [0.3, 0.4) is 0 Å². The molecular weight excluding hydrogens is 310 g/mol. The lowest BCUT2D eigenvalue weighted by molar-refractivity contribution is -0.148. The molecule has 7 nitrogen and oxygen atoms in total. The number of ether oxygens (including phenoxy) is 2. The van der Waals surface area contributed by atoms with Gasteiger partial charge in [-0.15, -0.1) is 0 Å². The van der Waals surface area contributed by atoms with Crippen LogP contribution in [0.15, 0.2) is 17.1 Å². The molecule has 0 saturated carbocycles. The third kappa shape index (κ3) is 5.63.